The van der Waals surface area contributed by atoms with E-state index in [0.29, 0.717) is 13.2 Å². The van der Waals surface area contributed by atoms with Gasteiger partial charge in [-0.2, -0.15) is 0 Å². The summed E-state index contributed by atoms with van der Waals surface area (Å²) in [6.45, 7) is 15.4. The Balaban J connectivity index is 1.83. The number of hydrogen-bond donors (Lipinski definition) is 1. The number of aliphatic hydroxyl groups excluding tert-OH is 1. The molecule has 2 aliphatic heterocycles. The minimum atomic E-state index is -2.67. The predicted molar refractivity (Wildman–Crippen MR) is 94.3 cm³/mol. The summed E-state index contributed by atoms with van der Waals surface area (Å²) in [5.41, 5.74) is 0. The molecule has 144 valence electrons. The Hall–Kier alpha value is -0.473. The highest BCUT2D eigenvalue weighted by Gasteiger charge is 2.70. The Morgan fingerprint density at radius 1 is 1.16 bits per heavy atom. The minimum absolute atomic E-state index is 0.156. The van der Waals surface area contributed by atoms with Crippen molar-refractivity contribution in [3.8, 4) is 0 Å². The highest BCUT2D eigenvalue weighted by atomic mass is 28.4. The Morgan fingerprint density at radius 3 is 2.28 bits per heavy atom. The summed E-state index contributed by atoms with van der Waals surface area (Å²) in [4.78, 5) is 12.1. The highest BCUT2D eigenvalue weighted by molar-refractivity contribution is 6.73. The van der Waals surface area contributed by atoms with Gasteiger partial charge in [-0.05, 0) is 6.92 Å². The van der Waals surface area contributed by atoms with Gasteiger partial charge in [-0.25, -0.2) is 0 Å². The molecule has 25 heavy (non-hydrogen) atoms. The van der Waals surface area contributed by atoms with Gasteiger partial charge in [0.2, 0.25) is 0 Å². The molecule has 1 aliphatic carbocycles. The summed E-state index contributed by atoms with van der Waals surface area (Å²) < 4.78 is 24.1. The second-order valence-corrected chi connectivity index (χ2v) is 14.3. The van der Waals surface area contributed by atoms with Gasteiger partial charge in [0.1, 0.15) is 12.2 Å². The van der Waals surface area contributed by atoms with Crippen LogP contribution in [0.3, 0.4) is 0 Å². The van der Waals surface area contributed by atoms with E-state index in [9.17, 15) is 9.90 Å². The first-order valence-corrected chi connectivity index (χ1v) is 11.1. The third-order valence-corrected chi connectivity index (χ3v) is 10.8. The lowest BCUT2D eigenvalue weighted by Crippen LogP contribution is -2.68. The van der Waals surface area contributed by atoms with E-state index < -0.39 is 20.8 Å². The van der Waals surface area contributed by atoms with Gasteiger partial charge >= 0.3 is 14.5 Å². The van der Waals surface area contributed by atoms with Crippen LogP contribution in [0.4, 0.5) is 0 Å². The number of aliphatic hydroxyl groups is 1. The van der Waals surface area contributed by atoms with Gasteiger partial charge in [0.25, 0.3) is 0 Å². The van der Waals surface area contributed by atoms with Crippen LogP contribution in [-0.2, 0) is 23.1 Å². The molecule has 0 aromatic heterocycles. The fourth-order valence-electron chi connectivity index (χ4n) is 4.75. The molecule has 6 nitrogen and oxygen atoms in total. The van der Waals surface area contributed by atoms with Crippen molar-refractivity contribution in [2.45, 2.75) is 83.0 Å². The summed E-state index contributed by atoms with van der Waals surface area (Å²) in [6.07, 6.45) is -1.78. The molecule has 0 amide bonds. The van der Waals surface area contributed by atoms with Crippen molar-refractivity contribution >= 4 is 14.5 Å². The molecule has 0 radical (unpaired) electrons. The summed E-state index contributed by atoms with van der Waals surface area (Å²) in [5, 5.41) is 10.6. The molecule has 1 saturated carbocycles. The van der Waals surface area contributed by atoms with Crippen molar-refractivity contribution in [2.24, 2.45) is 11.8 Å². The fourth-order valence-corrected chi connectivity index (χ4v) is 9.72. The third kappa shape index (κ3) is 2.88. The Bertz CT molecular complexity index is 523. The van der Waals surface area contributed by atoms with Gasteiger partial charge in [-0.15, -0.1) is 0 Å². The van der Waals surface area contributed by atoms with Gasteiger partial charge in [0.15, 0.2) is 0 Å². The zero-order valence-corrected chi connectivity index (χ0v) is 17.4. The van der Waals surface area contributed by atoms with E-state index in [4.69, 9.17) is 18.3 Å². The smallest absolute Gasteiger partial charge is 0.349 e. The van der Waals surface area contributed by atoms with Crippen LogP contribution in [0.5, 0.6) is 0 Å². The first-order chi connectivity index (χ1) is 11.4. The topological polar surface area (TPSA) is 74.2 Å². The Morgan fingerprint density at radius 2 is 1.76 bits per heavy atom. The molecule has 7 heteroatoms. The highest BCUT2D eigenvalue weighted by Crippen LogP contribution is 2.58. The van der Waals surface area contributed by atoms with Crippen LogP contribution in [0.15, 0.2) is 0 Å². The third-order valence-electron chi connectivity index (χ3n) is 5.72. The fraction of sp³-hybridized carbons (Fsp3) is 0.944. The monoisotopic (exact) mass is 372 g/mol. The number of fused-ring (bicyclic) bond motifs is 2. The summed E-state index contributed by atoms with van der Waals surface area (Å²) in [7, 11) is -2.67. The van der Waals surface area contributed by atoms with Crippen molar-refractivity contribution in [2.75, 3.05) is 13.2 Å². The van der Waals surface area contributed by atoms with E-state index in [1.54, 1.807) is 6.92 Å². The second-order valence-electron chi connectivity index (χ2n) is 9.49. The van der Waals surface area contributed by atoms with Crippen LogP contribution in [-0.4, -0.2) is 57.3 Å². The molecule has 2 saturated heterocycles. The average molecular weight is 373 g/mol. The van der Waals surface area contributed by atoms with Crippen LogP contribution in [0, 0.1) is 11.8 Å². The van der Waals surface area contributed by atoms with E-state index >= 15 is 0 Å². The summed E-state index contributed by atoms with van der Waals surface area (Å²) in [6, 6.07) is 0. The second kappa shape index (κ2) is 6.02. The Kier molecular flexibility index (Phi) is 4.65. The Labute approximate surface area is 151 Å². The molecule has 6 atom stereocenters. The molecule has 3 fully saturated rings. The van der Waals surface area contributed by atoms with Crippen molar-refractivity contribution < 1.29 is 28.2 Å². The van der Waals surface area contributed by atoms with E-state index in [-0.39, 0.29) is 40.1 Å². The number of esters is 1. The SMILES string of the molecule is CCOC(=O)[C@@H]1C2OC3CO[Si](C(C)(C)C)(C(C)(C)C)OC3[C@H](O)C21. The van der Waals surface area contributed by atoms with Crippen LogP contribution in [0.1, 0.15) is 48.5 Å². The normalized spacial score (nSPS) is 40.0. The molecule has 3 aliphatic rings. The average Bonchev–Trinajstić information content (AvgIpc) is 3.19. The minimum Gasteiger partial charge on any atom is -0.466 e. The quantitative estimate of drug-likeness (QED) is 0.593. The van der Waals surface area contributed by atoms with Gasteiger partial charge < -0.3 is 23.4 Å². The lowest BCUT2D eigenvalue weighted by atomic mass is 10.0. The lowest BCUT2D eigenvalue weighted by Gasteiger charge is -2.56. The van der Waals surface area contributed by atoms with E-state index in [1.807, 2.05) is 0 Å². The molecular formula is C18H32O6Si. The van der Waals surface area contributed by atoms with Gasteiger partial charge in [0, 0.05) is 16.0 Å². The van der Waals surface area contributed by atoms with E-state index in [1.165, 1.54) is 0 Å². The number of hydrogen-bond acceptors (Lipinski definition) is 6. The molecule has 2 heterocycles. The maximum absolute atomic E-state index is 12.1. The molecule has 0 spiro atoms. The predicted octanol–water partition coefficient (Wildman–Crippen LogP) is 2.38. The first kappa shape index (κ1) is 19.3. The van der Waals surface area contributed by atoms with Crippen molar-refractivity contribution in [3.05, 3.63) is 0 Å². The largest absolute Gasteiger partial charge is 0.466 e. The molecule has 0 aromatic rings. The van der Waals surface area contributed by atoms with E-state index in [2.05, 4.69) is 41.5 Å². The molecule has 3 rings (SSSR count). The lowest BCUT2D eigenvalue weighted by molar-refractivity contribution is -0.179. The van der Waals surface area contributed by atoms with Crippen LogP contribution < -0.4 is 0 Å². The first-order valence-electron chi connectivity index (χ1n) is 9.26. The number of ether oxygens (including phenoxy) is 2. The summed E-state index contributed by atoms with van der Waals surface area (Å²) in [5.74, 6) is -0.902. The molecule has 0 aromatic carbocycles. The zero-order valence-electron chi connectivity index (χ0n) is 16.4. The maximum atomic E-state index is 12.1. The number of carbonyl (C=O) groups excluding carboxylic acids is 1. The number of rotatable bonds is 2. The van der Waals surface area contributed by atoms with Crippen molar-refractivity contribution in [1.82, 2.24) is 0 Å². The van der Waals surface area contributed by atoms with Gasteiger partial charge in [0.05, 0.1) is 31.3 Å². The van der Waals surface area contributed by atoms with Crippen LogP contribution >= 0.6 is 0 Å². The molecule has 1 N–H and O–H groups in total. The zero-order chi connectivity index (χ0) is 18.8. The van der Waals surface area contributed by atoms with Gasteiger partial charge in [-0.1, -0.05) is 41.5 Å². The van der Waals surface area contributed by atoms with Crippen LogP contribution in [0.25, 0.3) is 0 Å². The molecule has 0 bridgehead atoms. The van der Waals surface area contributed by atoms with Crippen molar-refractivity contribution in [3.63, 3.8) is 0 Å². The molecular weight excluding hydrogens is 340 g/mol. The summed E-state index contributed by atoms with van der Waals surface area (Å²) >= 11 is 0. The van der Waals surface area contributed by atoms with E-state index in [0.717, 1.165) is 0 Å². The van der Waals surface area contributed by atoms with Crippen molar-refractivity contribution in [1.29, 1.82) is 0 Å². The number of carbonyl (C=O) groups is 1. The maximum Gasteiger partial charge on any atom is 0.349 e. The molecule has 4 unspecified atom stereocenters. The van der Waals surface area contributed by atoms with Gasteiger partial charge in [-0.3, -0.25) is 4.79 Å². The standard InChI is InChI=1S/C18H32O6Si/c1-8-21-16(20)12-11-13(19)14-10(23-15(11)12)9-22-25(24-14,17(2,3)4)18(5,6)7/h10-15,19H,8-9H2,1-7H3/t10?,11?,12-,13+,14?,15?/m0/s1. The van der Waals surface area contributed by atoms with Crippen LogP contribution in [0.2, 0.25) is 10.1 Å².